The number of carbonyl (C=O) groups is 1. The molecule has 2 atom stereocenters. The molecule has 5 nitrogen and oxygen atoms in total. The minimum atomic E-state index is -1.31. The second-order valence-corrected chi connectivity index (χ2v) is 8.14. The summed E-state index contributed by atoms with van der Waals surface area (Å²) in [6.07, 6.45) is 1.70. The van der Waals surface area contributed by atoms with Crippen LogP contribution in [-0.4, -0.2) is 27.4 Å². The molecule has 0 saturated heterocycles. The third-order valence-corrected chi connectivity index (χ3v) is 4.61. The van der Waals surface area contributed by atoms with Crippen LogP contribution >= 0.6 is 15.9 Å². The maximum atomic E-state index is 12.2. The monoisotopic (exact) mass is 362 g/mol. The predicted molar refractivity (Wildman–Crippen MR) is 82.3 cm³/mol. The molecular formula is C13H19BrN2O3S. The minimum absolute atomic E-state index is 0.0712. The van der Waals surface area contributed by atoms with Crippen LogP contribution in [0.5, 0.6) is 0 Å². The minimum Gasteiger partial charge on any atom is -0.598 e. The fraction of sp³-hybridized carbons (Fsp3) is 0.538. The van der Waals surface area contributed by atoms with Gasteiger partial charge in [-0.1, -0.05) is 15.9 Å². The van der Waals surface area contributed by atoms with Gasteiger partial charge in [0, 0.05) is 22.0 Å². The van der Waals surface area contributed by atoms with Gasteiger partial charge >= 0.3 is 5.97 Å². The Kier molecular flexibility index (Phi) is 6.44. The first kappa shape index (κ1) is 17.4. The van der Waals surface area contributed by atoms with Gasteiger partial charge in [-0.25, -0.2) is 0 Å². The van der Waals surface area contributed by atoms with Crippen molar-refractivity contribution in [3.05, 3.63) is 28.5 Å². The van der Waals surface area contributed by atoms with E-state index in [1.54, 1.807) is 18.3 Å². The van der Waals surface area contributed by atoms with Crippen molar-refractivity contribution in [3.63, 3.8) is 0 Å². The highest BCUT2D eigenvalue weighted by Crippen LogP contribution is 2.23. The van der Waals surface area contributed by atoms with Crippen LogP contribution in [0, 0.1) is 0 Å². The molecule has 20 heavy (non-hydrogen) atoms. The molecule has 112 valence electrons. The molecule has 0 bridgehead atoms. The van der Waals surface area contributed by atoms with E-state index < -0.39 is 22.2 Å². The zero-order chi connectivity index (χ0) is 15.3. The molecule has 0 aliphatic rings. The number of nitrogens with zero attached hydrogens (tertiary/aromatic N) is 1. The van der Waals surface area contributed by atoms with Crippen molar-refractivity contribution >= 4 is 33.3 Å². The number of rotatable bonds is 5. The zero-order valence-electron chi connectivity index (χ0n) is 12.0. The number of ether oxygens (including phenoxy) is 1. The van der Waals surface area contributed by atoms with Crippen molar-refractivity contribution < 1.29 is 14.1 Å². The summed E-state index contributed by atoms with van der Waals surface area (Å²) in [5.41, 5.74) is 0.641. The van der Waals surface area contributed by atoms with E-state index in [0.717, 1.165) is 4.47 Å². The van der Waals surface area contributed by atoms with Gasteiger partial charge in [-0.3, -0.25) is 9.78 Å². The van der Waals surface area contributed by atoms with Crippen LogP contribution in [0.4, 0.5) is 0 Å². The Balaban J connectivity index is 2.94. The first-order chi connectivity index (χ1) is 9.24. The van der Waals surface area contributed by atoms with E-state index in [-0.39, 0.29) is 12.4 Å². The van der Waals surface area contributed by atoms with E-state index >= 15 is 0 Å². The lowest BCUT2D eigenvalue weighted by atomic mass is 10.1. The van der Waals surface area contributed by atoms with Crippen LogP contribution < -0.4 is 4.72 Å². The Morgan fingerprint density at radius 2 is 2.25 bits per heavy atom. The van der Waals surface area contributed by atoms with Gasteiger partial charge < -0.3 is 9.29 Å². The van der Waals surface area contributed by atoms with E-state index in [4.69, 9.17) is 0 Å². The normalized spacial score (nSPS) is 14.7. The quantitative estimate of drug-likeness (QED) is 0.643. The van der Waals surface area contributed by atoms with Crippen LogP contribution in [0.15, 0.2) is 22.8 Å². The Bertz CT molecular complexity index is 465. The number of halogens is 1. The van der Waals surface area contributed by atoms with Crippen LogP contribution in [0.1, 0.15) is 38.9 Å². The van der Waals surface area contributed by atoms with Crippen molar-refractivity contribution in [1.82, 2.24) is 9.71 Å². The Morgan fingerprint density at radius 1 is 1.60 bits per heavy atom. The molecule has 0 amide bonds. The van der Waals surface area contributed by atoms with Crippen LogP contribution in [0.25, 0.3) is 0 Å². The van der Waals surface area contributed by atoms with E-state index in [1.807, 2.05) is 20.8 Å². The second kappa shape index (κ2) is 7.40. The molecule has 0 unspecified atom stereocenters. The fourth-order valence-electron chi connectivity index (χ4n) is 1.37. The lowest BCUT2D eigenvalue weighted by Crippen LogP contribution is -2.42. The van der Waals surface area contributed by atoms with E-state index in [9.17, 15) is 9.35 Å². The maximum Gasteiger partial charge on any atom is 0.307 e. The fourth-order valence-corrected chi connectivity index (χ4v) is 2.54. The third kappa shape index (κ3) is 5.40. The lowest BCUT2D eigenvalue weighted by Gasteiger charge is -2.27. The van der Waals surface area contributed by atoms with E-state index in [1.165, 1.54) is 7.11 Å². The summed E-state index contributed by atoms with van der Waals surface area (Å²) in [4.78, 5) is 15.7. The van der Waals surface area contributed by atoms with Gasteiger partial charge in [0.25, 0.3) is 0 Å². The van der Waals surface area contributed by atoms with Crippen molar-refractivity contribution in [2.75, 3.05) is 7.11 Å². The van der Waals surface area contributed by atoms with Crippen molar-refractivity contribution in [2.45, 2.75) is 38.0 Å². The molecule has 0 aliphatic carbocycles. The Labute approximate surface area is 130 Å². The van der Waals surface area contributed by atoms with Crippen molar-refractivity contribution in [3.8, 4) is 0 Å². The number of nitrogens with one attached hydrogen (secondary N) is 1. The average molecular weight is 363 g/mol. The first-order valence-corrected chi connectivity index (χ1v) is 8.04. The summed E-state index contributed by atoms with van der Waals surface area (Å²) in [5, 5.41) is 0. The molecular weight excluding hydrogens is 344 g/mol. The molecule has 1 N–H and O–H groups in total. The summed E-state index contributed by atoms with van der Waals surface area (Å²) in [7, 11) is 1.33. The van der Waals surface area contributed by atoms with Crippen molar-refractivity contribution in [1.29, 1.82) is 0 Å². The second-order valence-electron chi connectivity index (χ2n) is 5.23. The molecule has 0 saturated carbocycles. The van der Waals surface area contributed by atoms with E-state index in [2.05, 4.69) is 30.4 Å². The van der Waals surface area contributed by atoms with Gasteiger partial charge in [-0.05, 0) is 32.9 Å². The summed E-state index contributed by atoms with van der Waals surface area (Å²) < 4.78 is 20.3. The lowest BCUT2D eigenvalue weighted by molar-refractivity contribution is -0.141. The topological polar surface area (TPSA) is 74.3 Å². The molecule has 1 aromatic heterocycles. The number of aromatic nitrogens is 1. The van der Waals surface area contributed by atoms with Crippen LogP contribution in [0.3, 0.4) is 0 Å². The molecule has 0 fully saturated rings. The number of methoxy groups -OCH3 is 1. The number of carbonyl (C=O) groups excluding carboxylic acids is 1. The van der Waals surface area contributed by atoms with Gasteiger partial charge in [0.1, 0.15) is 10.8 Å². The Hall–Kier alpha value is -0.630. The zero-order valence-corrected chi connectivity index (χ0v) is 14.4. The van der Waals surface area contributed by atoms with Gasteiger partial charge in [0.2, 0.25) is 0 Å². The molecule has 0 aromatic carbocycles. The predicted octanol–water partition coefficient (Wildman–Crippen LogP) is 2.50. The van der Waals surface area contributed by atoms with Crippen molar-refractivity contribution in [2.24, 2.45) is 0 Å². The maximum absolute atomic E-state index is 12.2. The average Bonchev–Trinajstić information content (AvgIpc) is 2.36. The number of pyridine rings is 1. The highest BCUT2D eigenvalue weighted by Gasteiger charge is 2.31. The standard InChI is InChI=1S/C13H19BrN2O3S/c1-13(2,3)20(18)16-11(8-12(17)19-4)10-7-9(14)5-6-15-10/h5-7,11,16H,8H2,1-4H3/t11-,20+/m0/s1. The van der Waals surface area contributed by atoms with Gasteiger partial charge in [0.15, 0.2) is 0 Å². The summed E-state index contributed by atoms with van der Waals surface area (Å²) >= 11 is 2.05. The van der Waals surface area contributed by atoms with Gasteiger partial charge in [-0.15, -0.1) is 4.72 Å². The molecule has 7 heteroatoms. The molecule has 1 heterocycles. The summed E-state index contributed by atoms with van der Waals surface area (Å²) in [6, 6.07) is 3.12. The van der Waals surface area contributed by atoms with Gasteiger partial charge in [-0.2, -0.15) is 0 Å². The molecule has 0 radical (unpaired) electrons. The van der Waals surface area contributed by atoms with E-state index in [0.29, 0.717) is 5.69 Å². The largest absolute Gasteiger partial charge is 0.598 e. The molecule has 0 spiro atoms. The molecule has 1 aromatic rings. The SMILES string of the molecule is COC(=O)C[C@H](N[S@+]([O-])C(C)(C)C)c1cc(Br)ccn1. The third-order valence-electron chi connectivity index (χ3n) is 2.50. The van der Waals surface area contributed by atoms with Crippen LogP contribution in [-0.2, 0) is 20.9 Å². The Morgan fingerprint density at radius 3 is 2.75 bits per heavy atom. The summed E-state index contributed by atoms with van der Waals surface area (Å²) in [6.45, 7) is 5.58. The summed E-state index contributed by atoms with van der Waals surface area (Å²) in [5.74, 6) is -0.379. The van der Waals surface area contributed by atoms with Crippen LogP contribution in [0.2, 0.25) is 0 Å². The number of esters is 1. The number of hydrogen-bond donors (Lipinski definition) is 1. The molecule has 1 rings (SSSR count). The molecule has 0 aliphatic heterocycles. The highest BCUT2D eigenvalue weighted by atomic mass is 79.9. The first-order valence-electron chi connectivity index (χ1n) is 6.10. The van der Waals surface area contributed by atoms with Gasteiger partial charge in [0.05, 0.1) is 19.2 Å². The highest BCUT2D eigenvalue weighted by molar-refractivity contribution is 9.10. The number of hydrogen-bond acceptors (Lipinski definition) is 5. The smallest absolute Gasteiger partial charge is 0.307 e.